The molecule has 38 heavy (non-hydrogen) atoms. The Morgan fingerprint density at radius 2 is 0.868 bits per heavy atom. The zero-order valence-electron chi connectivity index (χ0n) is 20.6. The summed E-state index contributed by atoms with van der Waals surface area (Å²) in [6, 6.07) is 48.6. The van der Waals surface area contributed by atoms with Crippen LogP contribution in [0.2, 0.25) is 0 Å². The molecule has 0 aliphatic heterocycles. The van der Waals surface area contributed by atoms with Gasteiger partial charge in [-0.05, 0) is 71.6 Å². The number of hydrogen-bond acceptors (Lipinski definition) is 2. The summed E-state index contributed by atoms with van der Waals surface area (Å²) in [5, 5.41) is 9.90. The molecule has 7 aromatic rings. The molecule has 0 saturated heterocycles. The monoisotopic (exact) mass is 485 g/mol. The Hall–Kier alpha value is -5.08. The summed E-state index contributed by atoms with van der Waals surface area (Å²) in [5.41, 5.74) is 7.47. The number of benzene rings is 7. The van der Waals surface area contributed by atoms with E-state index in [2.05, 4.69) is 127 Å². The molecule has 0 heterocycles. The molecule has 7 rings (SSSR count). The summed E-state index contributed by atoms with van der Waals surface area (Å²) in [4.78, 5) is 11.7. The first kappa shape index (κ1) is 22.1. The van der Waals surface area contributed by atoms with Crippen LogP contribution >= 0.6 is 0 Å². The van der Waals surface area contributed by atoms with Crippen molar-refractivity contribution in [2.24, 2.45) is 5.18 Å². The van der Waals surface area contributed by atoms with E-state index in [0.29, 0.717) is 5.69 Å². The Balaban J connectivity index is 1.67. The normalized spacial score (nSPS) is 11.3. The summed E-state index contributed by atoms with van der Waals surface area (Å²) >= 11 is 0. The summed E-state index contributed by atoms with van der Waals surface area (Å²) in [5.74, 6) is 0. The van der Waals surface area contributed by atoms with Crippen LogP contribution in [-0.4, -0.2) is 0 Å². The SMILES string of the molecule is O=Nc1ccc2ccc3c(C(=C(c4ccccc4)c4ccccc4)c4ccccc4)ccc4ccc1c2c43. The Bertz CT molecular complexity index is 1910. The predicted molar refractivity (Wildman–Crippen MR) is 160 cm³/mol. The topological polar surface area (TPSA) is 29.4 Å². The molecule has 0 bridgehead atoms. The summed E-state index contributed by atoms with van der Waals surface area (Å²) < 4.78 is 0. The van der Waals surface area contributed by atoms with Crippen LogP contribution in [0.4, 0.5) is 5.69 Å². The van der Waals surface area contributed by atoms with Crippen molar-refractivity contribution < 1.29 is 0 Å². The fourth-order valence-electron chi connectivity index (χ4n) is 5.79. The molecule has 0 N–H and O–H groups in total. The van der Waals surface area contributed by atoms with Gasteiger partial charge in [0.2, 0.25) is 0 Å². The molecule has 7 aromatic carbocycles. The smallest absolute Gasteiger partial charge is 0.115 e. The molecule has 0 saturated carbocycles. The minimum atomic E-state index is 0.477. The van der Waals surface area contributed by atoms with E-state index in [1.54, 1.807) is 0 Å². The van der Waals surface area contributed by atoms with Crippen LogP contribution in [-0.2, 0) is 0 Å². The third-order valence-corrected chi connectivity index (χ3v) is 7.45. The maximum Gasteiger partial charge on any atom is 0.115 e. The van der Waals surface area contributed by atoms with E-state index >= 15 is 0 Å². The van der Waals surface area contributed by atoms with Gasteiger partial charge in [0.05, 0.1) is 0 Å². The van der Waals surface area contributed by atoms with Gasteiger partial charge in [0.25, 0.3) is 0 Å². The number of nitrogens with zero attached hydrogens (tertiary/aromatic N) is 1. The summed E-state index contributed by atoms with van der Waals surface area (Å²) in [6.07, 6.45) is 0. The maximum atomic E-state index is 11.7. The number of nitroso groups, excluding NO2 is 1. The molecule has 0 aromatic heterocycles. The Labute approximate surface area is 220 Å². The van der Waals surface area contributed by atoms with Crippen molar-refractivity contribution in [3.8, 4) is 0 Å². The molecule has 0 aliphatic carbocycles. The van der Waals surface area contributed by atoms with Gasteiger partial charge in [0, 0.05) is 5.39 Å². The zero-order valence-corrected chi connectivity index (χ0v) is 20.6. The molecule has 0 fully saturated rings. The molecule has 0 unspecified atom stereocenters. The molecule has 0 spiro atoms. The Kier molecular flexibility index (Phi) is 5.30. The summed E-state index contributed by atoms with van der Waals surface area (Å²) in [7, 11) is 0. The van der Waals surface area contributed by atoms with Gasteiger partial charge in [-0.3, -0.25) is 0 Å². The van der Waals surface area contributed by atoms with Crippen molar-refractivity contribution in [3.05, 3.63) is 167 Å². The van der Waals surface area contributed by atoms with E-state index in [-0.39, 0.29) is 0 Å². The van der Waals surface area contributed by atoms with Gasteiger partial charge in [-0.2, -0.15) is 0 Å². The molecule has 0 radical (unpaired) electrons. The molecular formula is C36H23NO. The van der Waals surface area contributed by atoms with Crippen LogP contribution < -0.4 is 0 Å². The van der Waals surface area contributed by atoms with E-state index in [9.17, 15) is 4.91 Å². The van der Waals surface area contributed by atoms with E-state index in [1.807, 2.05) is 18.2 Å². The third kappa shape index (κ3) is 3.50. The highest BCUT2D eigenvalue weighted by atomic mass is 16.3. The maximum absolute atomic E-state index is 11.7. The second-order valence-electron chi connectivity index (χ2n) is 9.56. The molecule has 2 heteroatoms. The van der Waals surface area contributed by atoms with Gasteiger partial charge in [-0.1, -0.05) is 133 Å². The number of rotatable bonds is 5. The van der Waals surface area contributed by atoms with E-state index < -0.39 is 0 Å². The van der Waals surface area contributed by atoms with Crippen molar-refractivity contribution >= 4 is 49.2 Å². The third-order valence-electron chi connectivity index (χ3n) is 7.45. The lowest BCUT2D eigenvalue weighted by Crippen LogP contribution is -1.99. The molecule has 0 amide bonds. The highest BCUT2D eigenvalue weighted by Gasteiger charge is 2.20. The van der Waals surface area contributed by atoms with Crippen molar-refractivity contribution in [3.63, 3.8) is 0 Å². The minimum Gasteiger partial charge on any atom is -0.145 e. The van der Waals surface area contributed by atoms with Gasteiger partial charge in [0.1, 0.15) is 5.69 Å². The zero-order chi connectivity index (χ0) is 25.5. The van der Waals surface area contributed by atoms with Gasteiger partial charge in [-0.25, -0.2) is 0 Å². The second kappa shape index (κ2) is 9.10. The number of hydrogen-bond donors (Lipinski definition) is 0. The fourth-order valence-corrected chi connectivity index (χ4v) is 5.79. The lowest BCUT2D eigenvalue weighted by molar-refractivity contribution is 1.52. The standard InChI is InChI=1S/C36H23NO/c38-37-32-23-19-28-17-21-30-29(20-16-27-18-22-31(32)36(28)35(27)30)34(26-14-8-3-9-15-26)33(24-10-4-1-5-11-24)25-12-6-2-7-13-25/h1-23H. The predicted octanol–water partition coefficient (Wildman–Crippen LogP) is 9.99. The van der Waals surface area contributed by atoms with E-state index in [4.69, 9.17) is 0 Å². The van der Waals surface area contributed by atoms with Crippen LogP contribution in [0.3, 0.4) is 0 Å². The lowest BCUT2D eigenvalue weighted by Gasteiger charge is -2.21. The fraction of sp³-hybridized carbons (Fsp3) is 0. The first-order valence-corrected chi connectivity index (χ1v) is 12.8. The van der Waals surface area contributed by atoms with Gasteiger partial charge in [0.15, 0.2) is 0 Å². The van der Waals surface area contributed by atoms with Gasteiger partial charge < -0.3 is 0 Å². The van der Waals surface area contributed by atoms with Crippen molar-refractivity contribution in [2.45, 2.75) is 0 Å². The van der Waals surface area contributed by atoms with Crippen molar-refractivity contribution in [2.75, 3.05) is 0 Å². The Morgan fingerprint density at radius 3 is 1.42 bits per heavy atom. The highest BCUT2D eigenvalue weighted by molar-refractivity contribution is 6.27. The average molecular weight is 486 g/mol. The minimum absolute atomic E-state index is 0.477. The van der Waals surface area contributed by atoms with Crippen molar-refractivity contribution in [1.29, 1.82) is 0 Å². The molecule has 0 atom stereocenters. The van der Waals surface area contributed by atoms with Crippen LogP contribution in [0.5, 0.6) is 0 Å². The van der Waals surface area contributed by atoms with Crippen LogP contribution in [0.1, 0.15) is 22.3 Å². The quantitative estimate of drug-likeness (QED) is 0.135. The Morgan fingerprint density at radius 1 is 0.421 bits per heavy atom. The molecular weight excluding hydrogens is 462 g/mol. The highest BCUT2D eigenvalue weighted by Crippen LogP contribution is 2.44. The average Bonchev–Trinajstić information content (AvgIpc) is 3.00. The van der Waals surface area contributed by atoms with Gasteiger partial charge in [-0.15, -0.1) is 4.91 Å². The molecule has 0 aliphatic rings. The van der Waals surface area contributed by atoms with E-state index in [0.717, 1.165) is 54.6 Å². The first-order valence-electron chi connectivity index (χ1n) is 12.8. The summed E-state index contributed by atoms with van der Waals surface area (Å²) in [6.45, 7) is 0. The van der Waals surface area contributed by atoms with Crippen molar-refractivity contribution in [1.82, 2.24) is 0 Å². The first-order chi connectivity index (χ1) is 18.8. The second-order valence-corrected chi connectivity index (χ2v) is 9.56. The van der Waals surface area contributed by atoms with E-state index in [1.165, 1.54) is 11.1 Å². The van der Waals surface area contributed by atoms with Crippen LogP contribution in [0.15, 0.2) is 145 Å². The lowest BCUT2D eigenvalue weighted by atomic mass is 9.82. The molecule has 2 nitrogen and oxygen atoms in total. The largest absolute Gasteiger partial charge is 0.145 e. The molecule has 178 valence electrons. The van der Waals surface area contributed by atoms with Gasteiger partial charge >= 0.3 is 0 Å². The van der Waals surface area contributed by atoms with Crippen LogP contribution in [0.25, 0.3) is 43.5 Å². The van der Waals surface area contributed by atoms with Crippen LogP contribution in [0, 0.1) is 4.91 Å².